The van der Waals surface area contributed by atoms with Crippen LogP contribution in [0.1, 0.15) is 21.5 Å². The lowest BCUT2D eigenvalue weighted by atomic mass is 10.1. The molecule has 1 aromatic carbocycles. The molecule has 0 radical (unpaired) electrons. The van der Waals surface area contributed by atoms with E-state index in [9.17, 15) is 15.0 Å². The van der Waals surface area contributed by atoms with E-state index >= 15 is 0 Å². The van der Waals surface area contributed by atoms with Crippen molar-refractivity contribution in [2.45, 2.75) is 13.5 Å². The molecule has 22 heavy (non-hydrogen) atoms. The van der Waals surface area contributed by atoms with E-state index in [0.717, 1.165) is 11.1 Å². The molecule has 116 valence electrons. The Morgan fingerprint density at radius 1 is 1.23 bits per heavy atom. The number of nitrogens with zero attached hydrogens (tertiary/aromatic N) is 2. The highest BCUT2D eigenvalue weighted by molar-refractivity contribution is 5.90. The third kappa shape index (κ3) is 3.29. The van der Waals surface area contributed by atoms with E-state index in [0.29, 0.717) is 11.3 Å². The fourth-order valence-electron chi connectivity index (χ4n) is 1.81. The molecular formula is C14H16N4O4. The Bertz CT molecular complexity index is 713. The maximum Gasteiger partial charge on any atom is 0.363 e. The van der Waals surface area contributed by atoms with Crippen LogP contribution in [0.2, 0.25) is 0 Å². The van der Waals surface area contributed by atoms with Crippen molar-refractivity contribution in [2.24, 2.45) is 16.5 Å². The molecule has 0 unspecified atom stereocenters. The molecule has 0 bridgehead atoms. The second-order valence-electron chi connectivity index (χ2n) is 4.61. The van der Waals surface area contributed by atoms with Crippen LogP contribution in [0.4, 0.5) is 0 Å². The molecule has 2 aromatic rings. The van der Waals surface area contributed by atoms with Crippen LogP contribution in [0.15, 0.2) is 35.3 Å². The third-order valence-corrected chi connectivity index (χ3v) is 2.98. The van der Waals surface area contributed by atoms with Crippen LogP contribution in [-0.2, 0) is 6.54 Å². The smallest absolute Gasteiger partial charge is 0.363 e. The van der Waals surface area contributed by atoms with E-state index in [1.54, 1.807) is 25.1 Å². The Kier molecular flexibility index (Phi) is 4.21. The highest BCUT2D eigenvalue weighted by atomic mass is 16.7. The number of hydrogen-bond donors (Lipinski definition) is 4. The molecule has 0 fully saturated rings. The lowest BCUT2D eigenvalue weighted by molar-refractivity contribution is 0.0381. The summed E-state index contributed by atoms with van der Waals surface area (Å²) in [6.07, 6.45) is 0. The largest absolute Gasteiger partial charge is 0.492 e. The molecule has 1 aromatic heterocycles. The minimum absolute atomic E-state index is 0.0126. The number of hydrogen-bond acceptors (Lipinski definition) is 5. The molecule has 6 N–H and O–H groups in total. The summed E-state index contributed by atoms with van der Waals surface area (Å²) in [6, 6.07) is 7.26. The van der Waals surface area contributed by atoms with Gasteiger partial charge in [0.1, 0.15) is 0 Å². The number of aliphatic imine (C=N–C) groups is 1. The van der Waals surface area contributed by atoms with Gasteiger partial charge in [0, 0.05) is 12.1 Å². The minimum Gasteiger partial charge on any atom is -0.492 e. The van der Waals surface area contributed by atoms with Gasteiger partial charge >= 0.3 is 5.97 Å². The van der Waals surface area contributed by atoms with Crippen molar-refractivity contribution < 1.29 is 19.8 Å². The fourth-order valence-corrected chi connectivity index (χ4v) is 1.81. The van der Waals surface area contributed by atoms with Gasteiger partial charge in [-0.3, -0.25) is 0 Å². The molecule has 0 saturated heterocycles. The van der Waals surface area contributed by atoms with E-state index in [1.807, 2.05) is 0 Å². The number of carbonyl (C=O) groups excluding carboxylic acids is 1. The number of aryl methyl sites for hydroxylation is 1. The van der Waals surface area contributed by atoms with E-state index < -0.39 is 5.97 Å². The van der Waals surface area contributed by atoms with Crippen LogP contribution in [-0.4, -0.2) is 26.9 Å². The van der Waals surface area contributed by atoms with Crippen molar-refractivity contribution in [3.63, 3.8) is 0 Å². The summed E-state index contributed by atoms with van der Waals surface area (Å²) < 4.78 is 0.630. The summed E-state index contributed by atoms with van der Waals surface area (Å²) >= 11 is 0. The van der Waals surface area contributed by atoms with Gasteiger partial charge in [-0.2, -0.15) is 0 Å². The average molecular weight is 304 g/mol. The molecule has 0 aliphatic rings. The summed E-state index contributed by atoms with van der Waals surface area (Å²) in [7, 11) is 0. The molecule has 0 amide bonds. The number of aromatic hydroxyl groups is 2. The first-order valence-corrected chi connectivity index (χ1v) is 6.35. The van der Waals surface area contributed by atoms with Gasteiger partial charge in [-0.05, 0) is 30.2 Å². The third-order valence-electron chi connectivity index (χ3n) is 2.98. The van der Waals surface area contributed by atoms with Crippen LogP contribution >= 0.6 is 0 Å². The van der Waals surface area contributed by atoms with Crippen molar-refractivity contribution in [3.8, 4) is 11.8 Å². The number of rotatable bonds is 4. The zero-order chi connectivity index (χ0) is 16.3. The number of guanidine groups is 1. The maximum atomic E-state index is 12.0. The first kappa shape index (κ1) is 15.2. The normalized spacial score (nSPS) is 10.2. The second-order valence-corrected chi connectivity index (χ2v) is 4.61. The summed E-state index contributed by atoms with van der Waals surface area (Å²) in [5, 5.41) is 18.9. The predicted octanol–water partition coefficient (Wildman–Crippen LogP) is 0.250. The van der Waals surface area contributed by atoms with Gasteiger partial charge in [-0.25, -0.2) is 9.79 Å². The van der Waals surface area contributed by atoms with Gasteiger partial charge in [0.15, 0.2) is 5.96 Å². The average Bonchev–Trinajstić information content (AvgIpc) is 2.77. The van der Waals surface area contributed by atoms with Crippen molar-refractivity contribution in [1.29, 1.82) is 0 Å². The van der Waals surface area contributed by atoms with Crippen LogP contribution in [0.3, 0.4) is 0 Å². The van der Waals surface area contributed by atoms with E-state index in [-0.39, 0.29) is 23.3 Å². The predicted molar refractivity (Wildman–Crippen MR) is 79.4 cm³/mol. The van der Waals surface area contributed by atoms with Crippen molar-refractivity contribution >= 4 is 11.9 Å². The number of aromatic nitrogens is 1. The van der Waals surface area contributed by atoms with Gasteiger partial charge < -0.3 is 26.5 Å². The van der Waals surface area contributed by atoms with Crippen molar-refractivity contribution in [3.05, 3.63) is 47.0 Å². The highest BCUT2D eigenvalue weighted by Crippen LogP contribution is 2.20. The number of benzene rings is 1. The molecular weight excluding hydrogens is 288 g/mol. The van der Waals surface area contributed by atoms with Crippen molar-refractivity contribution in [2.75, 3.05) is 0 Å². The summed E-state index contributed by atoms with van der Waals surface area (Å²) in [6.45, 7) is 2.11. The van der Waals surface area contributed by atoms with Crippen LogP contribution in [0, 0.1) is 6.92 Å². The molecule has 0 aliphatic heterocycles. The second kappa shape index (κ2) is 6.08. The van der Waals surface area contributed by atoms with Crippen LogP contribution in [0.5, 0.6) is 11.8 Å². The molecule has 0 saturated carbocycles. The Morgan fingerprint density at radius 3 is 2.41 bits per heavy atom. The van der Waals surface area contributed by atoms with Gasteiger partial charge in [0.2, 0.25) is 11.8 Å². The quantitative estimate of drug-likeness (QED) is 0.472. The Morgan fingerprint density at radius 2 is 1.86 bits per heavy atom. The standard InChI is InChI=1S/C14H16N4O4/c1-8-6-9(2-3-10(8)7-17-14(15)16)13(21)22-18-11(19)4-5-12(18)20/h2-6,19-20H,7H2,1H3,(H4,15,16,17). The minimum atomic E-state index is -0.724. The van der Waals surface area contributed by atoms with Gasteiger partial charge in [-0.15, -0.1) is 4.73 Å². The Hall–Kier alpha value is -3.16. The molecule has 8 nitrogen and oxygen atoms in total. The van der Waals surface area contributed by atoms with Crippen LogP contribution in [0.25, 0.3) is 0 Å². The lowest BCUT2D eigenvalue weighted by Gasteiger charge is -2.09. The van der Waals surface area contributed by atoms with E-state index in [1.165, 1.54) is 12.1 Å². The lowest BCUT2D eigenvalue weighted by Crippen LogP contribution is -2.22. The van der Waals surface area contributed by atoms with Crippen molar-refractivity contribution in [1.82, 2.24) is 4.73 Å². The summed E-state index contributed by atoms with van der Waals surface area (Å²) in [5.41, 5.74) is 12.5. The van der Waals surface area contributed by atoms with E-state index in [2.05, 4.69) is 4.99 Å². The zero-order valence-corrected chi connectivity index (χ0v) is 11.9. The number of carbonyl (C=O) groups is 1. The maximum absolute atomic E-state index is 12.0. The SMILES string of the molecule is Cc1cc(C(=O)On2c(O)ccc2O)ccc1CN=C(N)N. The molecule has 8 heteroatoms. The van der Waals surface area contributed by atoms with Gasteiger partial charge in [0.25, 0.3) is 0 Å². The zero-order valence-electron chi connectivity index (χ0n) is 11.9. The molecule has 0 spiro atoms. The molecule has 2 rings (SSSR count). The molecule has 1 heterocycles. The van der Waals surface area contributed by atoms with Crippen LogP contribution < -0.4 is 16.3 Å². The summed E-state index contributed by atoms with van der Waals surface area (Å²) in [5.74, 6) is -1.50. The first-order valence-electron chi connectivity index (χ1n) is 6.35. The Labute approximate surface area is 126 Å². The van der Waals surface area contributed by atoms with Gasteiger partial charge in [-0.1, -0.05) is 6.07 Å². The molecule has 0 aliphatic carbocycles. The first-order chi connectivity index (χ1) is 10.4. The fraction of sp³-hybridized carbons (Fsp3) is 0.143. The topological polar surface area (TPSA) is 136 Å². The summed E-state index contributed by atoms with van der Waals surface area (Å²) in [4.78, 5) is 20.8. The van der Waals surface area contributed by atoms with E-state index in [4.69, 9.17) is 16.3 Å². The molecule has 0 atom stereocenters. The monoisotopic (exact) mass is 304 g/mol. The number of nitrogens with two attached hydrogens (primary N) is 2. The van der Waals surface area contributed by atoms with Gasteiger partial charge in [0.05, 0.1) is 12.1 Å². The Balaban J connectivity index is 2.17. The highest BCUT2D eigenvalue weighted by Gasteiger charge is 2.15.